The molecule has 2 aliphatic rings. The van der Waals surface area contributed by atoms with E-state index in [1.807, 2.05) is 31.2 Å². The average molecular weight is 366 g/mol. The van der Waals surface area contributed by atoms with Gasteiger partial charge in [0.1, 0.15) is 5.82 Å². The second-order valence-electron chi connectivity index (χ2n) is 7.52. The molecule has 1 saturated carbocycles. The minimum atomic E-state index is -0.700. The minimum Gasteiger partial charge on any atom is -0.338 e. The summed E-state index contributed by atoms with van der Waals surface area (Å²) in [4.78, 5) is 29.3. The molecule has 0 N–H and O–H groups in total. The Morgan fingerprint density at radius 3 is 2.22 bits per heavy atom. The van der Waals surface area contributed by atoms with Gasteiger partial charge in [-0.25, -0.2) is 4.39 Å². The number of amides is 2. The molecule has 2 aromatic carbocycles. The van der Waals surface area contributed by atoms with Crippen molar-refractivity contribution >= 4 is 11.8 Å². The van der Waals surface area contributed by atoms with E-state index in [1.165, 1.54) is 6.07 Å². The van der Waals surface area contributed by atoms with Crippen LogP contribution in [0.1, 0.15) is 34.3 Å². The number of hydrogen-bond donors (Lipinski definition) is 0. The summed E-state index contributed by atoms with van der Waals surface area (Å²) in [6, 6.07) is 14.1. The van der Waals surface area contributed by atoms with E-state index in [4.69, 9.17) is 0 Å². The molecule has 0 unspecified atom stereocenters. The third kappa shape index (κ3) is 3.22. The van der Waals surface area contributed by atoms with Gasteiger partial charge >= 0.3 is 0 Å². The van der Waals surface area contributed by atoms with Crippen molar-refractivity contribution < 1.29 is 14.0 Å². The normalized spacial score (nSPS) is 18.3. The van der Waals surface area contributed by atoms with Crippen LogP contribution in [0, 0.1) is 12.7 Å². The van der Waals surface area contributed by atoms with Crippen LogP contribution in [-0.4, -0.2) is 47.8 Å². The van der Waals surface area contributed by atoms with Crippen molar-refractivity contribution in [2.75, 3.05) is 26.2 Å². The average Bonchev–Trinajstić information content (AvgIpc) is 3.49. The van der Waals surface area contributed by atoms with Crippen LogP contribution < -0.4 is 0 Å². The molecule has 2 fully saturated rings. The maximum Gasteiger partial charge on any atom is 0.253 e. The van der Waals surface area contributed by atoms with Crippen LogP contribution >= 0.6 is 0 Å². The standard InChI is InChI=1S/C22H23FN2O2/c1-16-5-4-6-17(15-16)20(26)24-11-13-25(14-12-24)21(27)22(9-10-22)18-7-2-3-8-19(18)23/h2-8,15H,9-14H2,1H3. The Morgan fingerprint density at radius 1 is 0.926 bits per heavy atom. The van der Waals surface area contributed by atoms with Crippen LogP contribution in [0.5, 0.6) is 0 Å². The number of rotatable bonds is 3. The molecule has 140 valence electrons. The first-order valence-corrected chi connectivity index (χ1v) is 9.42. The fraction of sp³-hybridized carbons (Fsp3) is 0.364. The number of piperazine rings is 1. The van der Waals surface area contributed by atoms with Crippen LogP contribution in [0.4, 0.5) is 4.39 Å². The van der Waals surface area contributed by atoms with Gasteiger partial charge in [-0.3, -0.25) is 9.59 Å². The molecule has 2 aromatic rings. The fourth-order valence-corrected chi connectivity index (χ4v) is 3.95. The molecule has 27 heavy (non-hydrogen) atoms. The number of nitrogens with zero attached hydrogens (tertiary/aromatic N) is 2. The second-order valence-corrected chi connectivity index (χ2v) is 7.52. The zero-order valence-corrected chi connectivity index (χ0v) is 15.5. The van der Waals surface area contributed by atoms with Crippen molar-refractivity contribution in [2.45, 2.75) is 25.2 Å². The van der Waals surface area contributed by atoms with Crippen molar-refractivity contribution in [2.24, 2.45) is 0 Å². The smallest absolute Gasteiger partial charge is 0.253 e. The van der Waals surface area contributed by atoms with E-state index in [9.17, 15) is 14.0 Å². The summed E-state index contributed by atoms with van der Waals surface area (Å²) in [6.45, 7) is 3.96. The molecule has 4 nitrogen and oxygen atoms in total. The van der Waals surface area contributed by atoms with E-state index < -0.39 is 5.41 Å². The first kappa shape index (κ1) is 17.7. The van der Waals surface area contributed by atoms with Gasteiger partial charge in [-0.05, 0) is 38.0 Å². The van der Waals surface area contributed by atoms with Crippen LogP contribution in [0.15, 0.2) is 48.5 Å². The fourth-order valence-electron chi connectivity index (χ4n) is 3.95. The Hall–Kier alpha value is -2.69. The Balaban J connectivity index is 1.43. The van der Waals surface area contributed by atoms with E-state index in [0.29, 0.717) is 50.1 Å². The summed E-state index contributed by atoms with van der Waals surface area (Å²) in [6.07, 6.45) is 1.38. The molecule has 5 heteroatoms. The van der Waals surface area contributed by atoms with Gasteiger partial charge in [-0.15, -0.1) is 0 Å². The van der Waals surface area contributed by atoms with Crippen LogP contribution in [0.2, 0.25) is 0 Å². The van der Waals surface area contributed by atoms with Gasteiger partial charge < -0.3 is 9.80 Å². The van der Waals surface area contributed by atoms with Crippen LogP contribution in [0.25, 0.3) is 0 Å². The summed E-state index contributed by atoms with van der Waals surface area (Å²) >= 11 is 0. The number of carbonyl (C=O) groups excluding carboxylic acids is 2. The highest BCUT2D eigenvalue weighted by molar-refractivity contribution is 5.95. The topological polar surface area (TPSA) is 40.6 Å². The van der Waals surface area contributed by atoms with Crippen molar-refractivity contribution in [3.8, 4) is 0 Å². The Kier molecular flexibility index (Phi) is 4.46. The molecule has 0 spiro atoms. The maximum absolute atomic E-state index is 14.2. The molecule has 1 aliphatic carbocycles. The molecule has 2 amide bonds. The zero-order chi connectivity index (χ0) is 19.0. The first-order valence-electron chi connectivity index (χ1n) is 9.42. The van der Waals surface area contributed by atoms with E-state index >= 15 is 0 Å². The lowest BCUT2D eigenvalue weighted by Gasteiger charge is -2.36. The van der Waals surface area contributed by atoms with Crippen molar-refractivity contribution in [1.82, 2.24) is 9.80 Å². The second kappa shape index (κ2) is 6.80. The monoisotopic (exact) mass is 366 g/mol. The summed E-state index contributed by atoms with van der Waals surface area (Å²) in [5.41, 5.74) is 1.54. The van der Waals surface area contributed by atoms with Crippen LogP contribution in [-0.2, 0) is 10.2 Å². The van der Waals surface area contributed by atoms with E-state index in [2.05, 4.69) is 0 Å². The highest BCUT2D eigenvalue weighted by atomic mass is 19.1. The van der Waals surface area contributed by atoms with Gasteiger partial charge in [-0.1, -0.05) is 35.9 Å². The highest BCUT2D eigenvalue weighted by Crippen LogP contribution is 2.50. The molecule has 0 atom stereocenters. The van der Waals surface area contributed by atoms with Crippen LogP contribution in [0.3, 0.4) is 0 Å². The van der Waals surface area contributed by atoms with Crippen molar-refractivity contribution in [3.63, 3.8) is 0 Å². The molecular weight excluding hydrogens is 343 g/mol. The van der Waals surface area contributed by atoms with Crippen molar-refractivity contribution in [1.29, 1.82) is 0 Å². The van der Waals surface area contributed by atoms with Crippen molar-refractivity contribution in [3.05, 3.63) is 71.0 Å². The predicted molar refractivity (Wildman–Crippen MR) is 101 cm³/mol. The highest BCUT2D eigenvalue weighted by Gasteiger charge is 2.54. The molecule has 0 radical (unpaired) electrons. The summed E-state index contributed by atoms with van der Waals surface area (Å²) in [5, 5.41) is 0. The van der Waals surface area contributed by atoms with Gasteiger partial charge in [-0.2, -0.15) is 0 Å². The molecular formula is C22H23FN2O2. The Bertz CT molecular complexity index is 883. The molecule has 1 heterocycles. The third-order valence-corrected chi connectivity index (χ3v) is 5.67. The third-order valence-electron chi connectivity index (χ3n) is 5.67. The SMILES string of the molecule is Cc1cccc(C(=O)N2CCN(C(=O)C3(c4ccccc4F)CC3)CC2)c1. The van der Waals surface area contributed by atoms with E-state index in [1.54, 1.807) is 28.0 Å². The van der Waals surface area contributed by atoms with Gasteiger partial charge in [0.15, 0.2) is 0 Å². The number of hydrogen-bond acceptors (Lipinski definition) is 2. The summed E-state index contributed by atoms with van der Waals surface area (Å²) < 4.78 is 14.2. The lowest BCUT2D eigenvalue weighted by molar-refractivity contribution is -0.135. The number of carbonyl (C=O) groups is 2. The molecule has 0 aromatic heterocycles. The van der Waals surface area contributed by atoms with E-state index in [-0.39, 0.29) is 17.6 Å². The lowest BCUT2D eigenvalue weighted by atomic mass is 9.93. The zero-order valence-electron chi connectivity index (χ0n) is 15.5. The van der Waals surface area contributed by atoms with Gasteiger partial charge in [0.05, 0.1) is 5.41 Å². The van der Waals surface area contributed by atoms with E-state index in [0.717, 1.165) is 5.56 Å². The lowest BCUT2D eigenvalue weighted by Crippen LogP contribution is -2.53. The minimum absolute atomic E-state index is 0.000961. The van der Waals surface area contributed by atoms with Gasteiger partial charge in [0.2, 0.25) is 5.91 Å². The summed E-state index contributed by atoms with van der Waals surface area (Å²) in [5.74, 6) is -0.312. The number of halogens is 1. The number of benzene rings is 2. The molecule has 4 rings (SSSR count). The first-order chi connectivity index (χ1) is 13.0. The Labute approximate surface area is 158 Å². The largest absolute Gasteiger partial charge is 0.338 e. The predicted octanol–water partition coefficient (Wildman–Crippen LogP) is 3.15. The summed E-state index contributed by atoms with van der Waals surface area (Å²) in [7, 11) is 0. The molecule has 1 aliphatic heterocycles. The quantitative estimate of drug-likeness (QED) is 0.837. The van der Waals surface area contributed by atoms with Gasteiger partial charge in [0.25, 0.3) is 5.91 Å². The molecule has 1 saturated heterocycles. The molecule has 0 bridgehead atoms. The Morgan fingerprint density at radius 2 is 1.59 bits per heavy atom. The maximum atomic E-state index is 14.2. The number of aryl methyl sites for hydroxylation is 1. The van der Waals surface area contributed by atoms with Gasteiger partial charge in [0, 0.05) is 37.3 Å².